The average molecular weight is 199 g/mol. The van der Waals surface area contributed by atoms with Crippen LogP contribution in [0.2, 0.25) is 0 Å². The molecular weight excluding hydrogens is 190 g/mol. The van der Waals surface area contributed by atoms with Crippen LogP contribution in [0.1, 0.15) is 5.56 Å². The number of fused-ring (bicyclic) bond motifs is 1. The van der Waals surface area contributed by atoms with Crippen molar-refractivity contribution in [2.45, 2.75) is 0 Å². The molecule has 2 aromatic carbocycles. The van der Waals surface area contributed by atoms with E-state index in [1.165, 1.54) is 6.08 Å². The average Bonchev–Trinajstić information content (AvgIpc) is 2.26. The monoisotopic (exact) mass is 199 g/mol. The minimum Gasteiger partial charge on any atom is -0.259 e. The van der Waals surface area contributed by atoms with Gasteiger partial charge in [-0.1, -0.05) is 42.5 Å². The first-order valence-corrected chi connectivity index (χ1v) is 4.57. The molecule has 3 nitrogen and oxygen atoms in total. The predicted octanol–water partition coefficient (Wildman–Crippen LogP) is 3.09. The number of nitro groups is 1. The lowest BCUT2D eigenvalue weighted by atomic mass is 10.0. The largest absolute Gasteiger partial charge is 0.259 e. The minimum atomic E-state index is -0.457. The molecule has 0 aliphatic rings. The molecule has 0 aliphatic carbocycles. The lowest BCUT2D eigenvalue weighted by Gasteiger charge is -1.99. The molecule has 0 atom stereocenters. The second-order valence-corrected chi connectivity index (χ2v) is 3.17. The minimum absolute atomic E-state index is 0.457. The molecule has 3 heteroatoms. The molecule has 0 spiro atoms. The summed E-state index contributed by atoms with van der Waals surface area (Å²) in [5, 5.41) is 12.3. The highest BCUT2D eigenvalue weighted by Crippen LogP contribution is 2.19. The van der Waals surface area contributed by atoms with Gasteiger partial charge in [-0.05, 0) is 16.3 Å². The molecule has 0 N–H and O–H groups in total. The molecular formula is C12H9NO2. The molecule has 0 bridgehead atoms. The Morgan fingerprint density at radius 1 is 1.07 bits per heavy atom. The first-order valence-electron chi connectivity index (χ1n) is 4.57. The third kappa shape index (κ3) is 2.02. The summed E-state index contributed by atoms with van der Waals surface area (Å²) in [6.45, 7) is 0. The van der Waals surface area contributed by atoms with E-state index >= 15 is 0 Å². The molecule has 0 heterocycles. The summed E-state index contributed by atoms with van der Waals surface area (Å²) < 4.78 is 0. The normalized spacial score (nSPS) is 10.9. The van der Waals surface area contributed by atoms with Gasteiger partial charge in [-0.15, -0.1) is 0 Å². The van der Waals surface area contributed by atoms with Gasteiger partial charge >= 0.3 is 0 Å². The predicted molar refractivity (Wildman–Crippen MR) is 60.0 cm³/mol. The Morgan fingerprint density at radius 2 is 1.80 bits per heavy atom. The highest BCUT2D eigenvalue weighted by Gasteiger charge is 1.97. The molecule has 15 heavy (non-hydrogen) atoms. The maximum atomic E-state index is 10.2. The zero-order valence-electron chi connectivity index (χ0n) is 7.96. The van der Waals surface area contributed by atoms with Crippen molar-refractivity contribution in [3.8, 4) is 0 Å². The van der Waals surface area contributed by atoms with E-state index in [1.807, 2.05) is 42.5 Å². The van der Waals surface area contributed by atoms with Crippen molar-refractivity contribution in [3.05, 3.63) is 64.3 Å². The number of hydrogen-bond acceptors (Lipinski definition) is 2. The summed E-state index contributed by atoms with van der Waals surface area (Å²) in [7, 11) is 0. The van der Waals surface area contributed by atoms with Crippen LogP contribution in [-0.4, -0.2) is 4.92 Å². The van der Waals surface area contributed by atoms with Gasteiger partial charge in [0.05, 0.1) is 4.92 Å². The summed E-state index contributed by atoms with van der Waals surface area (Å²) in [6.07, 6.45) is 2.48. The lowest BCUT2D eigenvalue weighted by Crippen LogP contribution is -1.83. The van der Waals surface area contributed by atoms with Gasteiger partial charge in [-0.3, -0.25) is 10.1 Å². The van der Waals surface area contributed by atoms with E-state index in [1.54, 1.807) is 0 Å². The van der Waals surface area contributed by atoms with Gasteiger partial charge in [0.15, 0.2) is 0 Å². The van der Waals surface area contributed by atoms with Crippen LogP contribution >= 0.6 is 0 Å². The summed E-state index contributed by atoms with van der Waals surface area (Å²) in [6, 6.07) is 13.5. The van der Waals surface area contributed by atoms with E-state index in [-0.39, 0.29) is 0 Å². The SMILES string of the molecule is O=[N+]([O-])C=Cc1cccc2ccccc12. The fourth-order valence-corrected chi connectivity index (χ4v) is 1.54. The van der Waals surface area contributed by atoms with Crippen LogP contribution in [0.25, 0.3) is 16.8 Å². The fraction of sp³-hybridized carbons (Fsp3) is 0. The smallest absolute Gasteiger partial charge is 0.235 e. The van der Waals surface area contributed by atoms with Crippen LogP contribution < -0.4 is 0 Å². The Hall–Kier alpha value is -2.16. The number of rotatable bonds is 2. The Bertz CT molecular complexity index is 527. The zero-order chi connectivity index (χ0) is 10.7. The van der Waals surface area contributed by atoms with Gasteiger partial charge in [-0.25, -0.2) is 0 Å². The third-order valence-corrected chi connectivity index (χ3v) is 2.20. The highest BCUT2D eigenvalue weighted by molar-refractivity contribution is 5.90. The maximum Gasteiger partial charge on any atom is 0.235 e. The van der Waals surface area contributed by atoms with Crippen LogP contribution in [0, 0.1) is 10.1 Å². The summed E-state index contributed by atoms with van der Waals surface area (Å²) in [5.74, 6) is 0. The van der Waals surface area contributed by atoms with Crippen molar-refractivity contribution >= 4 is 16.8 Å². The molecule has 0 aliphatic heterocycles. The van der Waals surface area contributed by atoms with E-state index in [4.69, 9.17) is 0 Å². The standard InChI is InChI=1S/C12H9NO2/c14-13(15)9-8-11-6-3-5-10-4-1-2-7-12(10)11/h1-9H. The van der Waals surface area contributed by atoms with Gasteiger partial charge in [-0.2, -0.15) is 0 Å². The van der Waals surface area contributed by atoms with E-state index in [0.29, 0.717) is 0 Å². The molecule has 0 radical (unpaired) electrons. The summed E-state index contributed by atoms with van der Waals surface area (Å²) >= 11 is 0. The van der Waals surface area contributed by atoms with Crippen molar-refractivity contribution in [2.75, 3.05) is 0 Å². The van der Waals surface area contributed by atoms with Crippen molar-refractivity contribution in [2.24, 2.45) is 0 Å². The quantitative estimate of drug-likeness (QED) is 0.551. The second kappa shape index (κ2) is 3.92. The Kier molecular flexibility index (Phi) is 2.46. The lowest BCUT2D eigenvalue weighted by molar-refractivity contribution is -0.400. The van der Waals surface area contributed by atoms with E-state index in [9.17, 15) is 10.1 Å². The van der Waals surface area contributed by atoms with Gasteiger partial charge in [0, 0.05) is 6.08 Å². The molecule has 0 aromatic heterocycles. The maximum absolute atomic E-state index is 10.2. The first kappa shape index (κ1) is 9.40. The van der Waals surface area contributed by atoms with Gasteiger partial charge in [0.2, 0.25) is 6.20 Å². The number of nitrogens with zero attached hydrogens (tertiary/aromatic N) is 1. The van der Waals surface area contributed by atoms with Crippen molar-refractivity contribution < 1.29 is 4.92 Å². The Labute approximate surface area is 86.8 Å². The molecule has 74 valence electrons. The van der Waals surface area contributed by atoms with Gasteiger partial charge < -0.3 is 0 Å². The van der Waals surface area contributed by atoms with E-state index in [0.717, 1.165) is 22.5 Å². The third-order valence-electron chi connectivity index (χ3n) is 2.20. The molecule has 0 saturated carbocycles. The molecule has 2 aromatic rings. The Morgan fingerprint density at radius 3 is 2.60 bits per heavy atom. The van der Waals surface area contributed by atoms with Crippen molar-refractivity contribution in [1.82, 2.24) is 0 Å². The van der Waals surface area contributed by atoms with Crippen LogP contribution in [0.3, 0.4) is 0 Å². The molecule has 2 rings (SSSR count). The van der Waals surface area contributed by atoms with Crippen LogP contribution in [0.4, 0.5) is 0 Å². The van der Waals surface area contributed by atoms with Crippen molar-refractivity contribution in [1.29, 1.82) is 0 Å². The highest BCUT2D eigenvalue weighted by atomic mass is 16.6. The van der Waals surface area contributed by atoms with E-state index in [2.05, 4.69) is 0 Å². The van der Waals surface area contributed by atoms with Crippen molar-refractivity contribution in [3.63, 3.8) is 0 Å². The van der Waals surface area contributed by atoms with Gasteiger partial charge in [0.1, 0.15) is 0 Å². The van der Waals surface area contributed by atoms with E-state index < -0.39 is 4.92 Å². The molecule has 0 amide bonds. The van der Waals surface area contributed by atoms with Crippen LogP contribution in [0.15, 0.2) is 48.7 Å². The molecule has 0 fully saturated rings. The molecule has 0 unspecified atom stereocenters. The fourth-order valence-electron chi connectivity index (χ4n) is 1.54. The second-order valence-electron chi connectivity index (χ2n) is 3.17. The topological polar surface area (TPSA) is 43.1 Å². The Balaban J connectivity index is 2.56. The molecule has 0 saturated heterocycles. The van der Waals surface area contributed by atoms with Crippen LogP contribution in [-0.2, 0) is 0 Å². The first-order chi connectivity index (χ1) is 7.27. The summed E-state index contributed by atoms with van der Waals surface area (Å²) in [4.78, 5) is 9.77. The van der Waals surface area contributed by atoms with Crippen LogP contribution in [0.5, 0.6) is 0 Å². The number of benzene rings is 2. The zero-order valence-corrected chi connectivity index (χ0v) is 7.96. The summed E-state index contributed by atoms with van der Waals surface area (Å²) in [5.41, 5.74) is 0.866. The van der Waals surface area contributed by atoms with Gasteiger partial charge in [0.25, 0.3) is 0 Å². The number of hydrogen-bond donors (Lipinski definition) is 0.